The topological polar surface area (TPSA) is 116 Å². The number of aliphatic hydroxyl groups is 1. The molecule has 2 aromatic heterocycles. The number of fused-ring (bicyclic) bond motifs is 1. The maximum Gasteiger partial charge on any atom is 0.331 e. The van der Waals surface area contributed by atoms with Gasteiger partial charge in [0, 0.05) is 25.4 Å². The van der Waals surface area contributed by atoms with E-state index >= 15 is 0 Å². The predicted octanol–water partition coefficient (Wildman–Crippen LogP) is 1.13. The number of hydrogen-bond donors (Lipinski definition) is 1. The number of β-amino-alcohol motifs (C(OH)–C–C–N with tert-alkyl or cyclic N) is 1. The summed E-state index contributed by atoms with van der Waals surface area (Å²) in [6, 6.07) is 0. The SMILES string of the molecule is CC(C)Cn1c2c(c(=O)n(C)c1=O)C(C(=O)N1CC(O)CO1)C(Cn1c(Cl)c(Cl)sc1=O)S2. The summed E-state index contributed by atoms with van der Waals surface area (Å²) in [7, 11) is 1.37. The van der Waals surface area contributed by atoms with Crippen molar-refractivity contribution in [3.8, 4) is 0 Å². The summed E-state index contributed by atoms with van der Waals surface area (Å²) in [5.74, 6) is -1.45. The van der Waals surface area contributed by atoms with Crippen molar-refractivity contribution in [3.63, 3.8) is 0 Å². The molecule has 1 fully saturated rings. The second-order valence-electron chi connectivity index (χ2n) is 8.40. The Morgan fingerprint density at radius 3 is 2.48 bits per heavy atom. The lowest BCUT2D eigenvalue weighted by Crippen LogP contribution is -2.44. The van der Waals surface area contributed by atoms with Crippen molar-refractivity contribution in [2.45, 2.75) is 49.2 Å². The first kappa shape index (κ1) is 24.6. The standard InChI is InChI=1S/C19H22Cl2N4O6S2/c1-8(2)4-24-17-12(15(27)22(3)18(24)29)11(16(28)25-5-9(26)7-31-25)10(32-17)6-23-13(20)14(21)33-19(23)30/h8-11,26H,4-7H2,1-3H3. The van der Waals surface area contributed by atoms with Gasteiger partial charge in [0.25, 0.3) is 11.5 Å². The molecule has 14 heteroatoms. The molecule has 1 saturated heterocycles. The molecule has 2 aromatic rings. The largest absolute Gasteiger partial charge is 0.389 e. The Kier molecular flexibility index (Phi) is 6.87. The molecule has 0 spiro atoms. The number of rotatable bonds is 5. The molecule has 3 atom stereocenters. The van der Waals surface area contributed by atoms with E-state index < -0.39 is 39.3 Å². The number of halogens is 2. The van der Waals surface area contributed by atoms with Crippen LogP contribution < -0.4 is 16.1 Å². The Balaban J connectivity index is 1.86. The number of carbonyl (C=O) groups is 1. The number of aliphatic hydroxyl groups excluding tert-OH is 1. The van der Waals surface area contributed by atoms with Crippen LogP contribution in [0.25, 0.3) is 0 Å². The fraction of sp³-hybridized carbons (Fsp3) is 0.579. The second-order valence-corrected chi connectivity index (χ2v) is 11.5. The van der Waals surface area contributed by atoms with Crippen LogP contribution in [-0.2, 0) is 29.8 Å². The highest BCUT2D eigenvalue weighted by Crippen LogP contribution is 2.46. The van der Waals surface area contributed by atoms with Crippen molar-refractivity contribution in [2.24, 2.45) is 13.0 Å². The van der Waals surface area contributed by atoms with Gasteiger partial charge in [-0.05, 0) is 5.92 Å². The fourth-order valence-corrected chi connectivity index (χ4v) is 6.75. The molecule has 1 amide bonds. The van der Waals surface area contributed by atoms with Crippen LogP contribution in [0, 0.1) is 5.92 Å². The van der Waals surface area contributed by atoms with Crippen LogP contribution in [0.1, 0.15) is 25.3 Å². The zero-order chi connectivity index (χ0) is 24.2. The first-order chi connectivity index (χ1) is 15.5. The summed E-state index contributed by atoms with van der Waals surface area (Å²) < 4.78 is 3.87. The van der Waals surface area contributed by atoms with Crippen molar-refractivity contribution in [2.75, 3.05) is 13.2 Å². The predicted molar refractivity (Wildman–Crippen MR) is 125 cm³/mol. The third-order valence-electron chi connectivity index (χ3n) is 5.49. The lowest BCUT2D eigenvalue weighted by molar-refractivity contribution is -0.170. The lowest BCUT2D eigenvalue weighted by atomic mass is 9.96. The van der Waals surface area contributed by atoms with Gasteiger partial charge in [-0.2, -0.15) is 0 Å². The number of aromatic nitrogens is 3. The number of hydrogen-bond acceptors (Lipinski definition) is 8. The Bertz CT molecular complexity index is 1280. The molecule has 33 heavy (non-hydrogen) atoms. The first-order valence-corrected chi connectivity index (χ1v) is 12.6. The van der Waals surface area contributed by atoms with Gasteiger partial charge in [0.1, 0.15) is 16.1 Å². The van der Waals surface area contributed by atoms with Gasteiger partial charge in [-0.1, -0.05) is 48.4 Å². The molecule has 4 heterocycles. The van der Waals surface area contributed by atoms with Crippen LogP contribution in [0.2, 0.25) is 9.49 Å². The molecule has 0 aliphatic carbocycles. The van der Waals surface area contributed by atoms with Gasteiger partial charge in [-0.25, -0.2) is 9.86 Å². The summed E-state index contributed by atoms with van der Waals surface area (Å²) in [5.41, 5.74) is -0.883. The summed E-state index contributed by atoms with van der Waals surface area (Å²) in [5, 5.41) is 10.7. The maximum absolute atomic E-state index is 13.5. The average Bonchev–Trinajstić information content (AvgIpc) is 3.41. The summed E-state index contributed by atoms with van der Waals surface area (Å²) in [6.07, 6.45) is -0.841. The van der Waals surface area contributed by atoms with Crippen molar-refractivity contribution in [1.29, 1.82) is 0 Å². The van der Waals surface area contributed by atoms with Crippen molar-refractivity contribution in [3.05, 3.63) is 45.6 Å². The van der Waals surface area contributed by atoms with Crippen LogP contribution in [0.4, 0.5) is 0 Å². The molecule has 4 rings (SSSR count). The van der Waals surface area contributed by atoms with E-state index in [1.54, 1.807) is 0 Å². The van der Waals surface area contributed by atoms with E-state index in [-0.39, 0.29) is 40.7 Å². The zero-order valence-corrected chi connectivity index (χ0v) is 21.1. The fourth-order valence-electron chi connectivity index (χ4n) is 3.99. The van der Waals surface area contributed by atoms with E-state index in [0.717, 1.165) is 21.0 Å². The van der Waals surface area contributed by atoms with Gasteiger partial charge in [0.15, 0.2) is 0 Å². The van der Waals surface area contributed by atoms with Gasteiger partial charge in [-0.3, -0.25) is 32.9 Å². The third-order valence-corrected chi connectivity index (χ3v) is 8.66. The molecule has 0 bridgehead atoms. The first-order valence-electron chi connectivity index (χ1n) is 10.2. The molecule has 2 aliphatic rings. The highest BCUT2D eigenvalue weighted by atomic mass is 35.5. The molecule has 1 N–H and O–H groups in total. The lowest BCUT2D eigenvalue weighted by Gasteiger charge is -2.23. The van der Waals surface area contributed by atoms with Gasteiger partial charge in [0.2, 0.25) is 0 Å². The summed E-state index contributed by atoms with van der Waals surface area (Å²) in [4.78, 5) is 57.0. The molecule has 10 nitrogen and oxygen atoms in total. The Morgan fingerprint density at radius 2 is 1.94 bits per heavy atom. The Morgan fingerprint density at radius 1 is 1.24 bits per heavy atom. The molecule has 2 aliphatic heterocycles. The quantitative estimate of drug-likeness (QED) is 0.569. The molecule has 0 aromatic carbocycles. The molecule has 180 valence electrons. The van der Waals surface area contributed by atoms with E-state index in [9.17, 15) is 24.3 Å². The summed E-state index contributed by atoms with van der Waals surface area (Å²) >= 11 is 14.2. The normalized spacial score (nSPS) is 22.4. The van der Waals surface area contributed by atoms with Gasteiger partial charge < -0.3 is 5.11 Å². The molecule has 0 saturated carbocycles. The minimum atomic E-state index is -1.02. The van der Waals surface area contributed by atoms with Crippen LogP contribution in [0.15, 0.2) is 19.4 Å². The molecule has 3 unspecified atom stereocenters. The highest BCUT2D eigenvalue weighted by molar-refractivity contribution is 8.00. The Labute approximate surface area is 206 Å². The van der Waals surface area contributed by atoms with Crippen molar-refractivity contribution < 1.29 is 14.7 Å². The number of nitrogens with zero attached hydrogens (tertiary/aromatic N) is 4. The monoisotopic (exact) mass is 536 g/mol. The number of thioether (sulfide) groups is 1. The number of thiazole rings is 1. The van der Waals surface area contributed by atoms with Gasteiger partial charge in [-0.15, -0.1) is 11.8 Å². The van der Waals surface area contributed by atoms with E-state index in [4.69, 9.17) is 28.0 Å². The van der Waals surface area contributed by atoms with E-state index in [2.05, 4.69) is 0 Å². The Hall–Kier alpha value is -1.57. The second kappa shape index (κ2) is 9.23. The van der Waals surface area contributed by atoms with Crippen molar-refractivity contribution in [1.82, 2.24) is 18.8 Å². The maximum atomic E-state index is 13.5. The van der Waals surface area contributed by atoms with E-state index in [0.29, 0.717) is 11.6 Å². The van der Waals surface area contributed by atoms with Crippen LogP contribution in [0.3, 0.4) is 0 Å². The van der Waals surface area contributed by atoms with Gasteiger partial charge in [0.05, 0.1) is 29.2 Å². The minimum Gasteiger partial charge on any atom is -0.389 e. The van der Waals surface area contributed by atoms with E-state index in [1.807, 2.05) is 13.8 Å². The third kappa shape index (κ3) is 4.32. The summed E-state index contributed by atoms with van der Waals surface area (Å²) in [6.45, 7) is 4.13. The average molecular weight is 537 g/mol. The van der Waals surface area contributed by atoms with Crippen LogP contribution in [0.5, 0.6) is 0 Å². The number of amides is 1. The van der Waals surface area contributed by atoms with E-state index in [1.165, 1.54) is 27.9 Å². The zero-order valence-electron chi connectivity index (χ0n) is 18.0. The smallest absolute Gasteiger partial charge is 0.331 e. The minimum absolute atomic E-state index is 0.00788. The molecule has 0 radical (unpaired) electrons. The number of carbonyl (C=O) groups excluding carboxylic acids is 1. The highest BCUT2D eigenvalue weighted by Gasteiger charge is 2.47. The van der Waals surface area contributed by atoms with Crippen LogP contribution in [-0.4, -0.2) is 54.3 Å². The molecular weight excluding hydrogens is 515 g/mol. The van der Waals surface area contributed by atoms with Crippen molar-refractivity contribution >= 4 is 52.2 Å². The van der Waals surface area contributed by atoms with Gasteiger partial charge >= 0.3 is 10.6 Å². The number of hydroxylamine groups is 2. The molecular formula is C19H22Cl2N4O6S2. The van der Waals surface area contributed by atoms with Crippen LogP contribution >= 0.6 is 46.3 Å².